The first-order valence-electron chi connectivity index (χ1n) is 10.0. The van der Waals surface area contributed by atoms with Crippen molar-refractivity contribution in [2.75, 3.05) is 6.54 Å². The van der Waals surface area contributed by atoms with E-state index in [1.165, 1.54) is 22.7 Å². The van der Waals surface area contributed by atoms with Crippen molar-refractivity contribution in [3.8, 4) is 0 Å². The Morgan fingerprint density at radius 2 is 1.94 bits per heavy atom. The Kier molecular flexibility index (Phi) is 5.41. The Labute approximate surface area is 183 Å². The summed E-state index contributed by atoms with van der Waals surface area (Å²) in [4.78, 5) is 24.7. The van der Waals surface area contributed by atoms with Crippen LogP contribution in [0.3, 0.4) is 0 Å². The highest BCUT2D eigenvalue weighted by molar-refractivity contribution is 7.98. The van der Waals surface area contributed by atoms with E-state index in [0.717, 1.165) is 22.9 Å². The molecule has 0 bridgehead atoms. The molecular weight excluding hydrogens is 408 g/mol. The number of amides is 1. The van der Waals surface area contributed by atoms with Gasteiger partial charge in [0.05, 0.1) is 0 Å². The predicted molar refractivity (Wildman–Crippen MR) is 122 cm³/mol. The highest BCUT2D eigenvalue weighted by Crippen LogP contribution is 2.31. The van der Waals surface area contributed by atoms with E-state index in [1.807, 2.05) is 36.5 Å². The molecule has 0 aliphatic carbocycles. The summed E-state index contributed by atoms with van der Waals surface area (Å²) >= 11 is 1.48. The van der Waals surface area contributed by atoms with Gasteiger partial charge in [0.15, 0.2) is 10.9 Å². The lowest BCUT2D eigenvalue weighted by Crippen LogP contribution is -2.26. The third-order valence-electron chi connectivity index (χ3n) is 5.11. The maximum absolute atomic E-state index is 13.0. The number of aromatic amines is 1. The van der Waals surface area contributed by atoms with Crippen LogP contribution in [0, 0.1) is 0 Å². The van der Waals surface area contributed by atoms with Gasteiger partial charge in [-0.3, -0.25) is 4.79 Å². The first-order valence-corrected chi connectivity index (χ1v) is 11.0. The maximum Gasteiger partial charge on any atom is 0.287 e. The van der Waals surface area contributed by atoms with Crippen molar-refractivity contribution in [1.29, 1.82) is 0 Å². The Morgan fingerprint density at radius 1 is 1.06 bits per heavy atom. The standard InChI is InChI=1S/C24H20N4O2S/c29-23(26-12-8-16-6-7-20-17(14-16)9-13-25-20)22-19(15-31-24-27-10-3-11-28-24)18-4-1-2-5-21(18)30-22/h1-7,9-11,13-14,25H,8,12,15H2,(H,26,29). The number of para-hydroxylation sites is 1. The normalized spacial score (nSPS) is 11.2. The van der Waals surface area contributed by atoms with Crippen LogP contribution in [0.25, 0.3) is 21.9 Å². The van der Waals surface area contributed by atoms with Crippen molar-refractivity contribution >= 4 is 39.5 Å². The largest absolute Gasteiger partial charge is 0.451 e. The van der Waals surface area contributed by atoms with Gasteiger partial charge in [0.25, 0.3) is 5.91 Å². The van der Waals surface area contributed by atoms with Crippen molar-refractivity contribution in [3.05, 3.63) is 90.1 Å². The van der Waals surface area contributed by atoms with E-state index in [9.17, 15) is 4.79 Å². The molecular formula is C24H20N4O2S. The van der Waals surface area contributed by atoms with Gasteiger partial charge in [-0.15, -0.1) is 0 Å². The lowest BCUT2D eigenvalue weighted by molar-refractivity contribution is 0.0927. The molecule has 6 nitrogen and oxygen atoms in total. The zero-order valence-corrected chi connectivity index (χ0v) is 17.5. The summed E-state index contributed by atoms with van der Waals surface area (Å²) in [5.74, 6) is 0.697. The molecule has 3 aromatic heterocycles. The topological polar surface area (TPSA) is 83.8 Å². The van der Waals surface area contributed by atoms with Crippen LogP contribution in [-0.2, 0) is 12.2 Å². The summed E-state index contributed by atoms with van der Waals surface area (Å²) in [6, 6.07) is 17.8. The van der Waals surface area contributed by atoms with Crippen molar-refractivity contribution in [3.63, 3.8) is 0 Å². The second-order valence-electron chi connectivity index (χ2n) is 7.13. The Bertz CT molecular complexity index is 1340. The van der Waals surface area contributed by atoms with E-state index in [1.54, 1.807) is 18.5 Å². The number of furan rings is 1. The van der Waals surface area contributed by atoms with E-state index in [0.29, 0.717) is 28.8 Å². The van der Waals surface area contributed by atoms with Gasteiger partial charge in [-0.1, -0.05) is 36.0 Å². The van der Waals surface area contributed by atoms with Gasteiger partial charge in [-0.05, 0) is 47.7 Å². The molecule has 154 valence electrons. The van der Waals surface area contributed by atoms with Crippen molar-refractivity contribution in [2.24, 2.45) is 0 Å². The van der Waals surface area contributed by atoms with E-state index in [4.69, 9.17) is 4.42 Å². The second-order valence-corrected chi connectivity index (χ2v) is 8.07. The number of carbonyl (C=O) groups excluding carboxylic acids is 1. The molecule has 7 heteroatoms. The molecule has 0 aliphatic heterocycles. The van der Waals surface area contributed by atoms with Crippen LogP contribution in [0.4, 0.5) is 0 Å². The van der Waals surface area contributed by atoms with Gasteiger partial charge in [0.2, 0.25) is 0 Å². The molecule has 0 saturated heterocycles. The SMILES string of the molecule is O=C(NCCc1ccc2[nH]ccc2c1)c1oc2ccccc2c1CSc1ncccn1. The van der Waals surface area contributed by atoms with Crippen LogP contribution in [0.2, 0.25) is 0 Å². The molecule has 0 spiro atoms. The molecule has 0 aliphatic rings. The molecule has 0 atom stereocenters. The lowest BCUT2D eigenvalue weighted by atomic mass is 10.1. The summed E-state index contributed by atoms with van der Waals surface area (Å²) in [5, 5.41) is 5.78. The van der Waals surface area contributed by atoms with Gasteiger partial charge in [-0.25, -0.2) is 9.97 Å². The van der Waals surface area contributed by atoms with Crippen molar-refractivity contribution < 1.29 is 9.21 Å². The lowest BCUT2D eigenvalue weighted by Gasteiger charge is -2.06. The number of hydrogen-bond donors (Lipinski definition) is 2. The summed E-state index contributed by atoms with van der Waals surface area (Å²) in [6.07, 6.45) is 6.09. The summed E-state index contributed by atoms with van der Waals surface area (Å²) in [6.45, 7) is 0.528. The number of fused-ring (bicyclic) bond motifs is 2. The van der Waals surface area contributed by atoms with Crippen LogP contribution < -0.4 is 5.32 Å². The molecule has 2 aromatic carbocycles. The molecule has 5 rings (SSSR count). The van der Waals surface area contributed by atoms with Crippen LogP contribution in [-0.4, -0.2) is 27.4 Å². The first kappa shape index (κ1) is 19.4. The second kappa shape index (κ2) is 8.65. The quantitative estimate of drug-likeness (QED) is 0.282. The van der Waals surface area contributed by atoms with Gasteiger partial charge in [-0.2, -0.15) is 0 Å². The minimum atomic E-state index is -0.205. The number of nitrogens with one attached hydrogen (secondary N) is 2. The first-order chi connectivity index (χ1) is 15.3. The van der Waals surface area contributed by atoms with E-state index in [-0.39, 0.29) is 5.91 Å². The number of aromatic nitrogens is 3. The average molecular weight is 429 g/mol. The minimum Gasteiger partial charge on any atom is -0.451 e. The summed E-state index contributed by atoms with van der Waals surface area (Å²) < 4.78 is 5.93. The highest BCUT2D eigenvalue weighted by Gasteiger charge is 2.20. The summed E-state index contributed by atoms with van der Waals surface area (Å²) in [7, 11) is 0. The Balaban J connectivity index is 1.31. The van der Waals surface area contributed by atoms with E-state index >= 15 is 0 Å². The number of thioether (sulfide) groups is 1. The fourth-order valence-electron chi connectivity index (χ4n) is 3.58. The molecule has 31 heavy (non-hydrogen) atoms. The van der Waals surface area contributed by atoms with Gasteiger partial charge in [0, 0.05) is 47.4 Å². The van der Waals surface area contributed by atoms with Gasteiger partial charge in [0.1, 0.15) is 5.58 Å². The van der Waals surface area contributed by atoms with Crippen LogP contribution in [0.1, 0.15) is 21.7 Å². The maximum atomic E-state index is 13.0. The van der Waals surface area contributed by atoms with E-state index < -0.39 is 0 Å². The third kappa shape index (κ3) is 4.18. The number of nitrogens with zero attached hydrogens (tertiary/aromatic N) is 2. The smallest absolute Gasteiger partial charge is 0.287 e. The average Bonchev–Trinajstić information content (AvgIpc) is 3.42. The fraction of sp³-hybridized carbons (Fsp3) is 0.125. The Morgan fingerprint density at radius 3 is 2.84 bits per heavy atom. The molecule has 2 N–H and O–H groups in total. The fourth-order valence-corrected chi connectivity index (χ4v) is 4.41. The van der Waals surface area contributed by atoms with Crippen LogP contribution in [0.5, 0.6) is 0 Å². The molecule has 1 amide bonds. The van der Waals surface area contributed by atoms with E-state index in [2.05, 4.69) is 38.5 Å². The monoisotopic (exact) mass is 428 g/mol. The molecule has 5 aromatic rings. The molecule has 0 unspecified atom stereocenters. The third-order valence-corrected chi connectivity index (χ3v) is 6.01. The molecule has 3 heterocycles. The Hall–Kier alpha value is -3.58. The van der Waals surface area contributed by atoms with Crippen molar-refractivity contribution in [1.82, 2.24) is 20.3 Å². The number of rotatable bonds is 7. The predicted octanol–water partition coefficient (Wildman–Crippen LogP) is 4.97. The van der Waals surface area contributed by atoms with Crippen LogP contribution >= 0.6 is 11.8 Å². The molecule has 0 fully saturated rings. The summed E-state index contributed by atoms with van der Waals surface area (Å²) in [5.41, 5.74) is 3.85. The zero-order chi connectivity index (χ0) is 21.0. The molecule has 0 radical (unpaired) electrons. The number of carbonyl (C=O) groups is 1. The zero-order valence-electron chi connectivity index (χ0n) is 16.7. The van der Waals surface area contributed by atoms with Gasteiger partial charge >= 0.3 is 0 Å². The van der Waals surface area contributed by atoms with Gasteiger partial charge < -0.3 is 14.7 Å². The van der Waals surface area contributed by atoms with Crippen molar-refractivity contribution in [2.45, 2.75) is 17.3 Å². The number of H-pyrrole nitrogens is 1. The number of hydrogen-bond acceptors (Lipinski definition) is 5. The minimum absolute atomic E-state index is 0.205. The molecule has 0 saturated carbocycles. The highest BCUT2D eigenvalue weighted by atomic mass is 32.2. The van der Waals surface area contributed by atoms with Crippen LogP contribution in [0.15, 0.2) is 82.8 Å². The number of benzene rings is 2.